The second kappa shape index (κ2) is 6.05. The van der Waals surface area contributed by atoms with Crippen LogP contribution in [0.1, 0.15) is 64.7 Å². The zero-order valence-electron chi connectivity index (χ0n) is 11.6. The van der Waals surface area contributed by atoms with E-state index >= 15 is 0 Å². The van der Waals surface area contributed by atoms with E-state index in [1.54, 1.807) is 0 Å². The van der Waals surface area contributed by atoms with Gasteiger partial charge in [0.1, 0.15) is 0 Å². The number of hydrogen-bond acceptors (Lipinski definition) is 2. The second-order valence-corrected chi connectivity index (χ2v) is 6.15. The van der Waals surface area contributed by atoms with Crippen molar-refractivity contribution in [2.45, 2.75) is 70.8 Å². The lowest BCUT2D eigenvalue weighted by atomic mass is 9.80. The Balaban J connectivity index is 1.96. The minimum absolute atomic E-state index is 0.0997. The highest BCUT2D eigenvalue weighted by atomic mass is 16.3. The maximum absolute atomic E-state index is 12.5. The molecule has 18 heavy (non-hydrogen) atoms. The van der Waals surface area contributed by atoms with Crippen LogP contribution >= 0.6 is 0 Å². The number of rotatable bonds is 4. The highest BCUT2D eigenvalue weighted by molar-refractivity contribution is 5.83. The zero-order chi connectivity index (χ0) is 13.0. The number of aliphatic hydroxyl groups excluding tert-OH is 1. The lowest BCUT2D eigenvalue weighted by molar-refractivity contribution is -0.132. The van der Waals surface area contributed by atoms with E-state index in [2.05, 4.69) is 12.2 Å². The molecule has 0 spiro atoms. The number of nitrogens with one attached hydrogen (secondary N) is 1. The van der Waals surface area contributed by atoms with E-state index in [0.29, 0.717) is 0 Å². The summed E-state index contributed by atoms with van der Waals surface area (Å²) < 4.78 is 0. The Hall–Kier alpha value is -0.570. The fraction of sp³-hybridized carbons (Fsp3) is 0.933. The van der Waals surface area contributed by atoms with E-state index in [1.165, 1.54) is 25.7 Å². The number of carbonyl (C=O) groups excluding carboxylic acids is 1. The van der Waals surface area contributed by atoms with Crippen molar-refractivity contribution in [1.29, 1.82) is 0 Å². The molecular weight excluding hydrogens is 226 g/mol. The van der Waals surface area contributed by atoms with Gasteiger partial charge in [-0.2, -0.15) is 0 Å². The van der Waals surface area contributed by atoms with Gasteiger partial charge in [0, 0.05) is 24.0 Å². The molecule has 3 heteroatoms. The van der Waals surface area contributed by atoms with Gasteiger partial charge in [-0.25, -0.2) is 0 Å². The molecule has 3 nitrogen and oxygen atoms in total. The van der Waals surface area contributed by atoms with Crippen LogP contribution in [0.2, 0.25) is 0 Å². The predicted molar refractivity (Wildman–Crippen MR) is 72.2 cm³/mol. The Morgan fingerprint density at radius 1 is 1.22 bits per heavy atom. The van der Waals surface area contributed by atoms with Gasteiger partial charge in [0.05, 0.1) is 0 Å². The van der Waals surface area contributed by atoms with Crippen molar-refractivity contribution in [1.82, 2.24) is 5.32 Å². The predicted octanol–water partition coefficient (Wildman–Crippen LogP) is 2.62. The third-order valence-corrected chi connectivity index (χ3v) is 5.18. The average Bonchev–Trinajstić information content (AvgIpc) is 2.89. The number of carbonyl (C=O) groups is 1. The quantitative estimate of drug-likeness (QED) is 0.809. The first-order valence-electron chi connectivity index (χ1n) is 7.63. The molecule has 2 unspecified atom stereocenters. The monoisotopic (exact) mass is 253 g/mol. The van der Waals surface area contributed by atoms with Gasteiger partial charge in [-0.15, -0.1) is 0 Å². The molecule has 0 aromatic rings. The highest BCUT2D eigenvalue weighted by Crippen LogP contribution is 2.41. The molecule has 0 saturated heterocycles. The number of hydrogen-bond donors (Lipinski definition) is 2. The van der Waals surface area contributed by atoms with Gasteiger partial charge in [0.2, 0.25) is 5.91 Å². The number of aliphatic hydroxyl groups is 1. The van der Waals surface area contributed by atoms with Gasteiger partial charge in [-0.3, -0.25) is 4.79 Å². The normalized spacial score (nSPS) is 31.2. The first-order valence-corrected chi connectivity index (χ1v) is 7.63. The lowest BCUT2D eigenvalue weighted by Crippen LogP contribution is -2.49. The van der Waals surface area contributed by atoms with Crippen LogP contribution < -0.4 is 5.32 Å². The number of amides is 1. The minimum atomic E-state index is -0.0997. The first-order chi connectivity index (χ1) is 8.72. The van der Waals surface area contributed by atoms with Crippen LogP contribution in [0.15, 0.2) is 0 Å². The van der Waals surface area contributed by atoms with Gasteiger partial charge in [0.15, 0.2) is 0 Å². The molecule has 2 rings (SSSR count). The molecular formula is C15H27NO2. The summed E-state index contributed by atoms with van der Waals surface area (Å²) in [6.07, 6.45) is 9.90. The van der Waals surface area contributed by atoms with Crippen LogP contribution in [0.5, 0.6) is 0 Å². The Labute approximate surface area is 110 Å². The molecule has 2 N–H and O–H groups in total. The average molecular weight is 253 g/mol. The first kappa shape index (κ1) is 13.9. The van der Waals surface area contributed by atoms with E-state index in [-0.39, 0.29) is 29.9 Å². The fourth-order valence-corrected chi connectivity index (χ4v) is 3.73. The van der Waals surface area contributed by atoms with Crippen molar-refractivity contribution in [2.24, 2.45) is 11.3 Å². The molecule has 0 bridgehead atoms. The minimum Gasteiger partial charge on any atom is -0.396 e. The highest BCUT2D eigenvalue weighted by Gasteiger charge is 2.40. The summed E-state index contributed by atoms with van der Waals surface area (Å²) in [6, 6.07) is 0.209. The SMILES string of the molecule is CCC1(C(=O)NC2CCCCC2CO)CCCC1. The van der Waals surface area contributed by atoms with E-state index in [4.69, 9.17) is 0 Å². The molecule has 0 aromatic heterocycles. The lowest BCUT2D eigenvalue weighted by Gasteiger charge is -2.35. The Bertz CT molecular complexity index is 284. The molecule has 0 heterocycles. The molecule has 0 aromatic carbocycles. The zero-order valence-corrected chi connectivity index (χ0v) is 11.6. The van der Waals surface area contributed by atoms with Crippen LogP contribution in [0.3, 0.4) is 0 Å². The van der Waals surface area contributed by atoms with Gasteiger partial charge in [-0.1, -0.05) is 32.6 Å². The van der Waals surface area contributed by atoms with Gasteiger partial charge in [-0.05, 0) is 32.1 Å². The molecule has 2 aliphatic carbocycles. The summed E-state index contributed by atoms with van der Waals surface area (Å²) in [7, 11) is 0. The van der Waals surface area contributed by atoms with Crippen molar-refractivity contribution < 1.29 is 9.90 Å². The van der Waals surface area contributed by atoms with Gasteiger partial charge >= 0.3 is 0 Å². The van der Waals surface area contributed by atoms with Gasteiger partial charge < -0.3 is 10.4 Å². The second-order valence-electron chi connectivity index (χ2n) is 6.15. The van der Waals surface area contributed by atoms with E-state index < -0.39 is 0 Å². The van der Waals surface area contributed by atoms with Crippen molar-refractivity contribution in [2.75, 3.05) is 6.61 Å². The molecule has 0 radical (unpaired) electrons. The molecule has 2 fully saturated rings. The molecule has 2 atom stereocenters. The van der Waals surface area contributed by atoms with Crippen molar-refractivity contribution in [3.05, 3.63) is 0 Å². The molecule has 2 aliphatic rings. The largest absolute Gasteiger partial charge is 0.396 e. The summed E-state index contributed by atoms with van der Waals surface area (Å²) in [6.45, 7) is 2.35. The van der Waals surface area contributed by atoms with Crippen LogP contribution in [-0.2, 0) is 4.79 Å². The Morgan fingerprint density at radius 2 is 1.89 bits per heavy atom. The topological polar surface area (TPSA) is 49.3 Å². The molecule has 2 saturated carbocycles. The molecule has 0 aliphatic heterocycles. The van der Waals surface area contributed by atoms with E-state index in [9.17, 15) is 9.90 Å². The standard InChI is InChI=1S/C15H27NO2/c1-2-15(9-5-6-10-15)14(18)16-13-8-4-3-7-12(13)11-17/h12-13,17H,2-11H2,1H3,(H,16,18). The Morgan fingerprint density at radius 3 is 2.50 bits per heavy atom. The van der Waals surface area contributed by atoms with Crippen molar-refractivity contribution >= 4 is 5.91 Å². The van der Waals surface area contributed by atoms with Crippen LogP contribution in [0.25, 0.3) is 0 Å². The fourth-order valence-electron chi connectivity index (χ4n) is 3.73. The van der Waals surface area contributed by atoms with Crippen LogP contribution in [-0.4, -0.2) is 23.7 Å². The van der Waals surface area contributed by atoms with E-state index in [0.717, 1.165) is 32.1 Å². The molecule has 104 valence electrons. The smallest absolute Gasteiger partial charge is 0.226 e. The summed E-state index contributed by atoms with van der Waals surface area (Å²) >= 11 is 0. The summed E-state index contributed by atoms with van der Waals surface area (Å²) in [5.74, 6) is 0.533. The van der Waals surface area contributed by atoms with Gasteiger partial charge in [0.25, 0.3) is 0 Å². The van der Waals surface area contributed by atoms with Crippen molar-refractivity contribution in [3.63, 3.8) is 0 Å². The maximum atomic E-state index is 12.5. The van der Waals surface area contributed by atoms with E-state index in [1.807, 2.05) is 0 Å². The maximum Gasteiger partial charge on any atom is 0.226 e. The summed E-state index contributed by atoms with van der Waals surface area (Å²) in [5.41, 5.74) is -0.0997. The molecule has 1 amide bonds. The summed E-state index contributed by atoms with van der Waals surface area (Å²) in [5, 5.41) is 12.7. The van der Waals surface area contributed by atoms with Crippen LogP contribution in [0.4, 0.5) is 0 Å². The van der Waals surface area contributed by atoms with Crippen molar-refractivity contribution in [3.8, 4) is 0 Å². The third-order valence-electron chi connectivity index (χ3n) is 5.18. The van der Waals surface area contributed by atoms with Crippen LogP contribution in [0, 0.1) is 11.3 Å². The summed E-state index contributed by atoms with van der Waals surface area (Å²) in [4.78, 5) is 12.5. The Kier molecular flexibility index (Phi) is 4.66. The third kappa shape index (κ3) is 2.71.